The highest BCUT2D eigenvalue weighted by Gasteiger charge is 2.14. The molecule has 0 aliphatic carbocycles. The van der Waals surface area contributed by atoms with Crippen molar-refractivity contribution in [2.45, 2.75) is 18.2 Å². The van der Waals surface area contributed by atoms with E-state index in [1.54, 1.807) is 24.3 Å². The summed E-state index contributed by atoms with van der Waals surface area (Å²) in [5, 5.41) is 0. The Kier molecular flexibility index (Phi) is 5.92. The number of rotatable bonds is 6. The van der Waals surface area contributed by atoms with Crippen LogP contribution in [0.3, 0.4) is 0 Å². The zero-order valence-corrected chi connectivity index (χ0v) is 12.6. The number of nitrogens with one attached hydrogen (secondary N) is 1. The van der Waals surface area contributed by atoms with E-state index < -0.39 is 10.0 Å². The summed E-state index contributed by atoms with van der Waals surface area (Å²) in [7, 11) is -3.40. The van der Waals surface area contributed by atoms with E-state index >= 15 is 0 Å². The molecule has 0 saturated carbocycles. The van der Waals surface area contributed by atoms with Gasteiger partial charge in [0.25, 0.3) is 0 Å². The van der Waals surface area contributed by atoms with Gasteiger partial charge in [-0.05, 0) is 36.6 Å². The van der Waals surface area contributed by atoms with E-state index in [0.29, 0.717) is 12.4 Å². The van der Waals surface area contributed by atoms with Crippen molar-refractivity contribution in [1.82, 2.24) is 4.72 Å². The highest BCUT2D eigenvalue weighted by molar-refractivity contribution is 9.10. The molecule has 0 amide bonds. The molecule has 0 bridgehead atoms. The molecule has 0 saturated heterocycles. The summed E-state index contributed by atoms with van der Waals surface area (Å²) >= 11 is 8.86. The van der Waals surface area contributed by atoms with E-state index in [0.717, 1.165) is 10.9 Å². The monoisotopic (exact) mass is 339 g/mol. The molecule has 0 fully saturated rings. The minimum atomic E-state index is -3.40. The fourth-order valence-corrected chi connectivity index (χ4v) is 3.04. The lowest BCUT2D eigenvalue weighted by Gasteiger charge is -2.11. The van der Waals surface area contributed by atoms with Gasteiger partial charge in [-0.2, -0.15) is 0 Å². The topological polar surface area (TPSA) is 46.2 Å². The van der Waals surface area contributed by atoms with Crippen LogP contribution in [-0.2, 0) is 10.0 Å². The Hall–Kier alpha value is -0.100. The Morgan fingerprint density at radius 2 is 1.94 bits per heavy atom. The van der Waals surface area contributed by atoms with Crippen LogP contribution in [0.2, 0.25) is 0 Å². The smallest absolute Gasteiger partial charge is 0.211 e. The third-order valence-electron chi connectivity index (χ3n) is 2.35. The largest absolute Gasteiger partial charge is 0.240 e. The van der Waals surface area contributed by atoms with E-state index in [1.807, 2.05) is 6.92 Å². The quantitative estimate of drug-likeness (QED) is 0.809. The molecule has 0 aliphatic rings. The molecule has 96 valence electrons. The van der Waals surface area contributed by atoms with Crippen molar-refractivity contribution >= 4 is 37.6 Å². The average molecular weight is 341 g/mol. The summed E-state index contributed by atoms with van der Waals surface area (Å²) < 4.78 is 27.2. The molecular formula is C11H15BrClNO2S. The van der Waals surface area contributed by atoms with E-state index in [2.05, 4.69) is 20.7 Å². The standard InChI is InChI=1S/C11H15BrClNO2S/c1-9(6-7-13)8-14-17(15,16)11-4-2-10(12)3-5-11/h2-5,9,14H,6-8H2,1H3. The summed E-state index contributed by atoms with van der Waals surface area (Å²) in [5.74, 6) is 0.777. The van der Waals surface area contributed by atoms with Crippen LogP contribution in [0.15, 0.2) is 33.6 Å². The first-order valence-corrected chi connectivity index (χ1v) is 8.08. The molecular weight excluding hydrogens is 326 g/mol. The van der Waals surface area contributed by atoms with Crippen molar-refractivity contribution in [3.63, 3.8) is 0 Å². The van der Waals surface area contributed by atoms with Crippen LogP contribution in [0.5, 0.6) is 0 Å². The van der Waals surface area contributed by atoms with Gasteiger partial charge in [0.15, 0.2) is 0 Å². The predicted molar refractivity (Wildman–Crippen MR) is 73.8 cm³/mol. The highest BCUT2D eigenvalue weighted by atomic mass is 79.9. The summed E-state index contributed by atoms with van der Waals surface area (Å²) in [6, 6.07) is 6.55. The molecule has 6 heteroatoms. The summed E-state index contributed by atoms with van der Waals surface area (Å²) in [6.45, 7) is 2.37. The molecule has 1 N–H and O–H groups in total. The maximum absolute atomic E-state index is 11.9. The predicted octanol–water partition coefficient (Wildman–Crippen LogP) is 2.99. The molecule has 0 spiro atoms. The fraction of sp³-hybridized carbons (Fsp3) is 0.455. The van der Waals surface area contributed by atoms with Gasteiger partial charge in [-0.3, -0.25) is 0 Å². The Morgan fingerprint density at radius 3 is 2.47 bits per heavy atom. The van der Waals surface area contributed by atoms with Gasteiger partial charge in [0.2, 0.25) is 10.0 Å². The minimum Gasteiger partial charge on any atom is -0.211 e. The number of hydrogen-bond acceptors (Lipinski definition) is 2. The first-order valence-electron chi connectivity index (χ1n) is 5.27. The van der Waals surface area contributed by atoms with Crippen molar-refractivity contribution in [3.05, 3.63) is 28.7 Å². The van der Waals surface area contributed by atoms with E-state index in [9.17, 15) is 8.42 Å². The Labute approximate surface area is 116 Å². The Morgan fingerprint density at radius 1 is 1.35 bits per heavy atom. The second-order valence-corrected chi connectivity index (χ2v) is 6.95. The molecule has 0 heterocycles. The lowest BCUT2D eigenvalue weighted by molar-refractivity contribution is 0.530. The van der Waals surface area contributed by atoms with E-state index in [-0.39, 0.29) is 10.8 Å². The molecule has 1 aromatic carbocycles. The van der Waals surface area contributed by atoms with Crippen LogP contribution in [-0.4, -0.2) is 20.8 Å². The van der Waals surface area contributed by atoms with Crippen molar-refractivity contribution in [3.8, 4) is 0 Å². The number of hydrogen-bond donors (Lipinski definition) is 1. The highest BCUT2D eigenvalue weighted by Crippen LogP contribution is 2.14. The molecule has 1 aromatic rings. The van der Waals surface area contributed by atoms with Crippen molar-refractivity contribution in [1.29, 1.82) is 0 Å². The van der Waals surface area contributed by atoms with Crippen molar-refractivity contribution < 1.29 is 8.42 Å². The zero-order chi connectivity index (χ0) is 12.9. The summed E-state index contributed by atoms with van der Waals surface area (Å²) in [4.78, 5) is 0.277. The second-order valence-electron chi connectivity index (χ2n) is 3.89. The average Bonchev–Trinajstić information content (AvgIpc) is 2.28. The lowest BCUT2D eigenvalue weighted by Crippen LogP contribution is -2.28. The normalized spacial score (nSPS) is 13.6. The maximum Gasteiger partial charge on any atom is 0.240 e. The third kappa shape index (κ3) is 4.95. The van der Waals surface area contributed by atoms with Crippen LogP contribution in [0, 0.1) is 5.92 Å². The van der Waals surface area contributed by atoms with Crippen molar-refractivity contribution in [2.75, 3.05) is 12.4 Å². The third-order valence-corrected chi connectivity index (χ3v) is 4.53. The van der Waals surface area contributed by atoms with Gasteiger partial charge in [-0.25, -0.2) is 13.1 Å². The van der Waals surface area contributed by atoms with Crippen LogP contribution in [0.4, 0.5) is 0 Å². The summed E-state index contributed by atoms with van der Waals surface area (Å²) in [6.07, 6.45) is 0.796. The fourth-order valence-electron chi connectivity index (χ4n) is 1.24. The van der Waals surface area contributed by atoms with Gasteiger partial charge in [-0.1, -0.05) is 22.9 Å². The number of halogens is 2. The van der Waals surface area contributed by atoms with Gasteiger partial charge >= 0.3 is 0 Å². The van der Waals surface area contributed by atoms with Crippen LogP contribution in [0.25, 0.3) is 0 Å². The molecule has 1 rings (SSSR count). The second kappa shape index (κ2) is 6.73. The molecule has 0 radical (unpaired) electrons. The first kappa shape index (κ1) is 15.0. The van der Waals surface area contributed by atoms with Gasteiger partial charge < -0.3 is 0 Å². The Balaban J connectivity index is 2.66. The molecule has 0 aliphatic heterocycles. The number of benzene rings is 1. The number of alkyl halides is 1. The molecule has 1 atom stereocenters. The van der Waals surface area contributed by atoms with Gasteiger partial charge in [0.05, 0.1) is 4.90 Å². The van der Waals surface area contributed by atoms with Gasteiger partial charge in [0.1, 0.15) is 0 Å². The van der Waals surface area contributed by atoms with E-state index in [4.69, 9.17) is 11.6 Å². The van der Waals surface area contributed by atoms with E-state index in [1.165, 1.54) is 0 Å². The molecule has 0 aromatic heterocycles. The Bertz CT molecular complexity index is 447. The summed E-state index contributed by atoms with van der Waals surface area (Å²) in [5.41, 5.74) is 0. The minimum absolute atomic E-state index is 0.234. The van der Waals surface area contributed by atoms with Crippen LogP contribution >= 0.6 is 27.5 Å². The maximum atomic E-state index is 11.9. The number of sulfonamides is 1. The van der Waals surface area contributed by atoms with Gasteiger partial charge in [0, 0.05) is 16.9 Å². The lowest BCUT2D eigenvalue weighted by atomic mass is 10.1. The SMILES string of the molecule is CC(CCCl)CNS(=O)(=O)c1ccc(Br)cc1. The first-order chi connectivity index (χ1) is 7.95. The molecule has 3 nitrogen and oxygen atoms in total. The molecule has 1 unspecified atom stereocenters. The van der Waals surface area contributed by atoms with Gasteiger partial charge in [-0.15, -0.1) is 11.6 Å². The zero-order valence-electron chi connectivity index (χ0n) is 9.49. The van der Waals surface area contributed by atoms with Crippen LogP contribution < -0.4 is 4.72 Å². The van der Waals surface area contributed by atoms with Crippen molar-refractivity contribution in [2.24, 2.45) is 5.92 Å². The van der Waals surface area contributed by atoms with Crippen LogP contribution in [0.1, 0.15) is 13.3 Å². The molecule has 17 heavy (non-hydrogen) atoms.